The number of ether oxygens (including phenoxy) is 1. The summed E-state index contributed by atoms with van der Waals surface area (Å²) in [7, 11) is -3.80. The van der Waals surface area contributed by atoms with Crippen molar-refractivity contribution in [3.63, 3.8) is 0 Å². The van der Waals surface area contributed by atoms with E-state index in [4.69, 9.17) is 4.74 Å². The number of oxime groups is 1. The number of nitrogens with zero attached hydrogens (tertiary/aromatic N) is 4. The van der Waals surface area contributed by atoms with Crippen LogP contribution in [0.5, 0.6) is 5.75 Å². The van der Waals surface area contributed by atoms with Gasteiger partial charge in [0.25, 0.3) is 5.91 Å². The van der Waals surface area contributed by atoms with Gasteiger partial charge in [-0.05, 0) is 43.5 Å². The number of aliphatic hydroxyl groups excluding tert-OH is 1. The normalized spacial score (nSPS) is 18.7. The Hall–Kier alpha value is -3.13. The number of carbonyl (C=O) groups excluding carboxylic acids is 1. The number of hydrogen-bond acceptors (Lipinski definition) is 9. The van der Waals surface area contributed by atoms with Crippen LogP contribution in [0.25, 0.3) is 0 Å². The number of aromatic nitrogens is 1. The van der Waals surface area contributed by atoms with Crippen LogP contribution in [0.3, 0.4) is 0 Å². The maximum atomic E-state index is 13.6. The average molecular weight is 563 g/mol. The number of piperazine rings is 1. The highest BCUT2D eigenvalue weighted by molar-refractivity contribution is 7.89. The zero-order chi connectivity index (χ0) is 28.2. The second-order valence-corrected chi connectivity index (χ2v) is 11.7. The lowest BCUT2D eigenvalue weighted by atomic mass is 10.1. The van der Waals surface area contributed by atoms with Gasteiger partial charge in [-0.15, -0.1) is 0 Å². The Bertz CT molecular complexity index is 1320. The highest BCUT2D eigenvalue weighted by Gasteiger charge is 2.34. The van der Waals surface area contributed by atoms with Crippen LogP contribution in [0.4, 0.5) is 0 Å². The first kappa shape index (κ1) is 28.9. The molecule has 4 rings (SSSR count). The fraction of sp³-hybridized carbons (Fsp3) is 0.538. The van der Waals surface area contributed by atoms with Crippen molar-refractivity contribution in [1.82, 2.24) is 19.2 Å². The van der Waals surface area contributed by atoms with Gasteiger partial charge in [-0.3, -0.25) is 19.8 Å². The number of aliphatic hydroxyl groups is 1. The number of carbonyl (C=O) groups is 1. The molecule has 39 heavy (non-hydrogen) atoms. The van der Waals surface area contributed by atoms with Crippen LogP contribution in [0.1, 0.15) is 65.7 Å². The number of rotatable bonds is 11. The molecule has 1 unspecified atom stereocenters. The molecule has 214 valence electrons. The molecule has 0 saturated carbocycles. The summed E-state index contributed by atoms with van der Waals surface area (Å²) in [6, 6.07) is 4.74. The highest BCUT2D eigenvalue weighted by atomic mass is 32.2. The van der Waals surface area contributed by atoms with E-state index in [-0.39, 0.29) is 17.4 Å². The van der Waals surface area contributed by atoms with Crippen molar-refractivity contribution < 1.29 is 28.3 Å². The second-order valence-electron chi connectivity index (χ2n) is 9.72. The molecule has 13 heteroatoms. The summed E-state index contributed by atoms with van der Waals surface area (Å²) in [4.78, 5) is 15.5. The number of β-amino-alcohol motifs (C(OH)–C–C–N with tert-alkyl or cyclic N) is 1. The first-order valence-electron chi connectivity index (χ1n) is 13.4. The molecule has 2 aromatic rings. The van der Waals surface area contributed by atoms with Crippen molar-refractivity contribution in [2.75, 3.05) is 51.4 Å². The molecule has 0 spiro atoms. The van der Waals surface area contributed by atoms with E-state index in [9.17, 15) is 23.5 Å². The van der Waals surface area contributed by atoms with Gasteiger partial charge < -0.3 is 20.4 Å². The third-order valence-corrected chi connectivity index (χ3v) is 9.02. The second kappa shape index (κ2) is 12.4. The first-order valence-corrected chi connectivity index (χ1v) is 14.8. The molecule has 4 N–H and O–H groups in total. The van der Waals surface area contributed by atoms with Crippen molar-refractivity contribution >= 4 is 22.1 Å². The maximum absolute atomic E-state index is 13.6. The molecule has 1 saturated heterocycles. The Morgan fingerprint density at radius 1 is 1.18 bits per heavy atom. The molecule has 2 aliphatic rings. The molecule has 0 radical (unpaired) electrons. The number of hydrogen-bond donors (Lipinski definition) is 4. The van der Waals surface area contributed by atoms with Crippen molar-refractivity contribution in [2.45, 2.75) is 51.1 Å². The maximum Gasteiger partial charge on any atom is 0.272 e. The Morgan fingerprint density at radius 3 is 2.56 bits per heavy atom. The van der Waals surface area contributed by atoms with Crippen LogP contribution in [0, 0.1) is 6.92 Å². The molecule has 1 atom stereocenters. The quantitative estimate of drug-likeness (QED) is 0.183. The van der Waals surface area contributed by atoms with Crippen molar-refractivity contribution in [1.29, 1.82) is 0 Å². The minimum absolute atomic E-state index is 0.0341. The zero-order valence-electron chi connectivity index (χ0n) is 22.7. The SMILES string of the molecule is CCCOc1ccc(S(=O)(=O)N2CCN(CCO)CC2)cc1C1NC(=O)c2c(C)c(/C=N/O)c(CCC)n2N1. The lowest BCUT2D eigenvalue weighted by Gasteiger charge is -2.34. The molecular formula is C26H38N6O6S. The van der Waals surface area contributed by atoms with E-state index in [0.29, 0.717) is 73.9 Å². The molecule has 1 aromatic carbocycles. The molecule has 1 amide bonds. The summed E-state index contributed by atoms with van der Waals surface area (Å²) >= 11 is 0. The largest absolute Gasteiger partial charge is 0.493 e. The summed E-state index contributed by atoms with van der Waals surface area (Å²) in [5.41, 5.74) is 6.37. The van der Waals surface area contributed by atoms with E-state index in [2.05, 4.69) is 15.9 Å². The van der Waals surface area contributed by atoms with Gasteiger partial charge in [-0.2, -0.15) is 4.31 Å². The standard InChI is InChI=1S/C26H38N6O6S/c1-4-6-22-21(17-27-35)18(3)24-26(34)28-25(29-32(22)24)20-16-19(7-8-23(20)38-15-5-2)39(36,37)31-11-9-30(10-12-31)13-14-33/h7-8,16-17,25,29,33,35H,4-6,9-15H2,1-3H3,(H,28,34)/b27-17+. The fourth-order valence-corrected chi connectivity index (χ4v) is 6.60. The number of sulfonamides is 1. The molecular weight excluding hydrogens is 524 g/mol. The number of fused-ring (bicyclic) bond motifs is 1. The zero-order valence-corrected chi connectivity index (χ0v) is 23.5. The average Bonchev–Trinajstić information content (AvgIpc) is 3.19. The number of amides is 1. The predicted molar refractivity (Wildman–Crippen MR) is 147 cm³/mol. The Labute approximate surface area is 229 Å². The Balaban J connectivity index is 1.72. The van der Waals surface area contributed by atoms with Crippen LogP contribution in [-0.4, -0.2) is 90.7 Å². The van der Waals surface area contributed by atoms with Gasteiger partial charge in [-0.1, -0.05) is 25.4 Å². The van der Waals surface area contributed by atoms with Crippen molar-refractivity contribution in [2.24, 2.45) is 5.16 Å². The van der Waals surface area contributed by atoms with Gasteiger partial charge in [0, 0.05) is 49.5 Å². The highest BCUT2D eigenvalue weighted by Crippen LogP contribution is 2.33. The summed E-state index contributed by atoms with van der Waals surface area (Å²) < 4.78 is 36.3. The monoisotopic (exact) mass is 562 g/mol. The van der Waals surface area contributed by atoms with Gasteiger partial charge in [0.15, 0.2) is 0 Å². The minimum atomic E-state index is -3.80. The fourth-order valence-electron chi connectivity index (χ4n) is 5.14. The van der Waals surface area contributed by atoms with E-state index in [1.54, 1.807) is 23.7 Å². The van der Waals surface area contributed by atoms with E-state index in [1.807, 2.05) is 18.7 Å². The minimum Gasteiger partial charge on any atom is -0.493 e. The molecule has 3 heterocycles. The summed E-state index contributed by atoms with van der Waals surface area (Å²) in [6.07, 6.45) is 2.75. The lowest BCUT2D eigenvalue weighted by molar-refractivity contribution is 0.0913. The van der Waals surface area contributed by atoms with E-state index in [0.717, 1.165) is 18.5 Å². The lowest BCUT2D eigenvalue weighted by Crippen LogP contribution is -2.49. The van der Waals surface area contributed by atoms with Crippen LogP contribution < -0.4 is 15.5 Å². The Morgan fingerprint density at radius 2 is 1.92 bits per heavy atom. The van der Waals surface area contributed by atoms with E-state index >= 15 is 0 Å². The molecule has 1 aromatic heterocycles. The van der Waals surface area contributed by atoms with E-state index < -0.39 is 16.2 Å². The topological polar surface area (TPSA) is 149 Å². The number of nitrogens with one attached hydrogen (secondary N) is 2. The van der Waals surface area contributed by atoms with E-state index in [1.165, 1.54) is 16.6 Å². The summed E-state index contributed by atoms with van der Waals surface area (Å²) in [5.74, 6) is 0.142. The van der Waals surface area contributed by atoms with Crippen molar-refractivity contribution in [3.8, 4) is 5.75 Å². The predicted octanol–water partition coefficient (Wildman–Crippen LogP) is 1.63. The van der Waals surface area contributed by atoms with Gasteiger partial charge in [0.2, 0.25) is 10.0 Å². The van der Waals surface area contributed by atoms with Gasteiger partial charge >= 0.3 is 0 Å². The molecule has 0 bridgehead atoms. The van der Waals surface area contributed by atoms with Gasteiger partial charge in [0.05, 0.1) is 24.3 Å². The van der Waals surface area contributed by atoms with Crippen LogP contribution in [0.15, 0.2) is 28.3 Å². The molecule has 12 nitrogen and oxygen atoms in total. The van der Waals surface area contributed by atoms with Crippen molar-refractivity contribution in [3.05, 3.63) is 46.3 Å². The summed E-state index contributed by atoms with van der Waals surface area (Å²) in [5, 5.41) is 24.6. The number of benzene rings is 1. The van der Waals surface area contributed by atoms with Gasteiger partial charge in [-0.25, -0.2) is 8.42 Å². The first-order chi connectivity index (χ1) is 18.8. The van der Waals surface area contributed by atoms with Crippen LogP contribution in [0.2, 0.25) is 0 Å². The third kappa shape index (κ3) is 5.76. The smallest absolute Gasteiger partial charge is 0.272 e. The molecule has 2 aliphatic heterocycles. The van der Waals surface area contributed by atoms with Crippen LogP contribution >= 0.6 is 0 Å². The van der Waals surface area contributed by atoms with Gasteiger partial charge in [0.1, 0.15) is 17.6 Å². The third-order valence-electron chi connectivity index (χ3n) is 7.13. The summed E-state index contributed by atoms with van der Waals surface area (Å²) in [6.45, 7) is 8.51. The van der Waals surface area contributed by atoms with Crippen LogP contribution in [-0.2, 0) is 16.4 Å². The molecule has 0 aliphatic carbocycles. The Kier molecular flexibility index (Phi) is 9.15. The molecule has 1 fully saturated rings.